The SMILES string of the molecule is CO/N=C(/C)c1cc(C(=O)NC(C)c2ccc(F)cc2)cc(C(=O)N[C@@H](Cc2cc(F)cc(F)c2)[C@H](O)CNCc2cccc(OC)c2)c1.COc1cccc(CN(C[C@@H](O)[C@H](Cc2cc(F)cc(F)c2)NC(=O)c2cc(C(C)=O)cc(C(=O)NC(C)c3ccc(F)cc3)c2)C(=O)OC(C)(C)C)c1. The number of Topliss-reactive ketones (excluding diaryl/α,β-unsaturated/α-hetero) is 1. The largest absolute Gasteiger partial charge is 0.497 e. The van der Waals surface area contributed by atoms with Gasteiger partial charge < -0.3 is 60.7 Å². The molecule has 6 atom stereocenters. The highest BCUT2D eigenvalue weighted by atomic mass is 19.2. The van der Waals surface area contributed by atoms with Crippen LogP contribution in [-0.4, -0.2) is 121 Å². The van der Waals surface area contributed by atoms with Crippen molar-refractivity contribution in [2.75, 3.05) is 34.4 Å². The third-order valence-electron chi connectivity index (χ3n) is 16.1. The van der Waals surface area contributed by atoms with Crippen LogP contribution in [0.3, 0.4) is 0 Å². The van der Waals surface area contributed by atoms with Crippen LogP contribution in [0.15, 0.2) is 175 Å². The number of hydrogen-bond acceptors (Lipinski definition) is 14. The maximum absolute atomic E-state index is 14.3. The lowest BCUT2D eigenvalue weighted by Crippen LogP contribution is -2.51. The van der Waals surface area contributed by atoms with Gasteiger partial charge in [-0.2, -0.15) is 0 Å². The third kappa shape index (κ3) is 24.7. The zero-order valence-corrected chi connectivity index (χ0v) is 58.5. The summed E-state index contributed by atoms with van der Waals surface area (Å²) in [4.78, 5) is 86.5. The molecule has 0 heterocycles. The number of aliphatic hydroxyl groups excluding tert-OH is 2. The topological polar surface area (TPSA) is 256 Å². The van der Waals surface area contributed by atoms with E-state index >= 15 is 0 Å². The molecule has 0 radical (unpaired) electrons. The summed E-state index contributed by atoms with van der Waals surface area (Å²) >= 11 is 0. The number of nitrogens with one attached hydrogen (secondary N) is 5. The third-order valence-corrected chi connectivity index (χ3v) is 16.1. The van der Waals surface area contributed by atoms with Crippen molar-refractivity contribution in [2.45, 2.75) is 116 Å². The Morgan fingerprint density at radius 1 is 0.476 bits per heavy atom. The number of amides is 5. The van der Waals surface area contributed by atoms with E-state index in [1.54, 1.807) is 97.2 Å². The van der Waals surface area contributed by atoms with E-state index < -0.39 is 119 Å². The lowest BCUT2D eigenvalue weighted by molar-refractivity contribution is 0.00834. The maximum atomic E-state index is 14.3. The molecular weight excluding hydrogens is 1340 g/mol. The highest BCUT2D eigenvalue weighted by molar-refractivity contribution is 6.07. The zero-order chi connectivity index (χ0) is 75.2. The minimum atomic E-state index is -1.53. The van der Waals surface area contributed by atoms with Crippen molar-refractivity contribution in [2.24, 2.45) is 5.16 Å². The monoisotopic (exact) mass is 1420 g/mol. The number of benzene rings is 8. The average Bonchev–Trinajstić information content (AvgIpc) is 0.822. The first-order chi connectivity index (χ1) is 48.8. The second kappa shape index (κ2) is 37.2. The van der Waals surface area contributed by atoms with Gasteiger partial charge in [0.2, 0.25) is 0 Å². The molecule has 0 aromatic heterocycles. The van der Waals surface area contributed by atoms with Crippen LogP contribution in [-0.2, 0) is 35.5 Å². The van der Waals surface area contributed by atoms with Crippen molar-refractivity contribution >= 4 is 41.2 Å². The van der Waals surface area contributed by atoms with Gasteiger partial charge in [0.15, 0.2) is 5.78 Å². The first-order valence-electron chi connectivity index (χ1n) is 32.7. The molecule has 0 saturated carbocycles. The fourth-order valence-corrected chi connectivity index (χ4v) is 10.8. The number of aliphatic hydroxyl groups is 2. The number of carbonyl (C=O) groups excluding carboxylic acids is 6. The van der Waals surface area contributed by atoms with Crippen LogP contribution in [0.4, 0.5) is 31.1 Å². The van der Waals surface area contributed by atoms with Crippen molar-refractivity contribution in [3.63, 3.8) is 0 Å². The van der Waals surface area contributed by atoms with E-state index in [2.05, 4.69) is 31.7 Å². The summed E-state index contributed by atoms with van der Waals surface area (Å²) in [5, 5.41) is 41.1. The van der Waals surface area contributed by atoms with E-state index in [1.807, 2.05) is 18.2 Å². The van der Waals surface area contributed by atoms with Crippen molar-refractivity contribution in [3.05, 3.63) is 272 Å². The molecule has 0 aliphatic carbocycles. The summed E-state index contributed by atoms with van der Waals surface area (Å²) in [7, 11) is 4.42. The number of methoxy groups -OCH3 is 2. The molecule has 2 unspecified atom stereocenters. The van der Waals surface area contributed by atoms with Crippen LogP contribution in [0.1, 0.15) is 151 Å². The van der Waals surface area contributed by atoms with Gasteiger partial charge in [-0.05, 0) is 204 Å². The molecule has 0 bridgehead atoms. The predicted octanol–water partition coefficient (Wildman–Crippen LogP) is 12.4. The molecule has 19 nitrogen and oxygen atoms in total. The Kier molecular flexibility index (Phi) is 28.7. The molecule has 7 N–H and O–H groups in total. The molecule has 8 rings (SSSR count). The number of nitrogens with zero attached hydrogens (tertiary/aromatic N) is 2. The summed E-state index contributed by atoms with van der Waals surface area (Å²) in [6.45, 7) is 11.3. The van der Waals surface area contributed by atoms with Crippen LogP contribution >= 0.6 is 0 Å². The molecule has 0 saturated heterocycles. The van der Waals surface area contributed by atoms with Gasteiger partial charge in [0.25, 0.3) is 23.6 Å². The fraction of sp³-hybridized carbons (Fsp3) is 0.295. The van der Waals surface area contributed by atoms with E-state index in [-0.39, 0.29) is 64.9 Å². The molecule has 0 fully saturated rings. The summed E-state index contributed by atoms with van der Waals surface area (Å²) in [6, 6.07) is 36.3. The molecule has 0 aliphatic rings. The second-order valence-electron chi connectivity index (χ2n) is 25.5. The Bertz CT molecular complexity index is 4270. The van der Waals surface area contributed by atoms with Crippen molar-refractivity contribution in [3.8, 4) is 11.5 Å². The van der Waals surface area contributed by atoms with Crippen LogP contribution in [0.5, 0.6) is 11.5 Å². The lowest BCUT2D eigenvalue weighted by Gasteiger charge is -2.32. The van der Waals surface area contributed by atoms with Crippen LogP contribution in [0.2, 0.25) is 0 Å². The van der Waals surface area contributed by atoms with Crippen LogP contribution in [0.25, 0.3) is 0 Å². The number of halogens is 6. The average molecular weight is 1420 g/mol. The van der Waals surface area contributed by atoms with Gasteiger partial charge in [0.1, 0.15) is 59.1 Å². The van der Waals surface area contributed by atoms with E-state index in [0.717, 1.165) is 35.9 Å². The Morgan fingerprint density at radius 3 is 1.29 bits per heavy atom. The zero-order valence-electron chi connectivity index (χ0n) is 58.5. The van der Waals surface area contributed by atoms with E-state index in [9.17, 15) is 65.3 Å². The first-order valence-corrected chi connectivity index (χ1v) is 32.7. The number of oxime groups is 1. The molecule has 544 valence electrons. The Labute approximate surface area is 593 Å². The molecule has 8 aromatic rings. The smallest absolute Gasteiger partial charge is 0.410 e. The molecular formula is C78H83F6N7O12. The summed E-state index contributed by atoms with van der Waals surface area (Å²) < 4.78 is 99.8. The molecule has 0 aliphatic heterocycles. The highest BCUT2D eigenvalue weighted by Crippen LogP contribution is 2.24. The second-order valence-corrected chi connectivity index (χ2v) is 25.5. The van der Waals surface area contributed by atoms with Gasteiger partial charge in [0.05, 0.1) is 62.9 Å². The lowest BCUT2D eigenvalue weighted by atomic mass is 9.98. The van der Waals surface area contributed by atoms with E-state index in [0.29, 0.717) is 52.1 Å². The van der Waals surface area contributed by atoms with E-state index in [1.165, 1.54) is 92.8 Å². The fourth-order valence-electron chi connectivity index (χ4n) is 10.8. The molecule has 103 heavy (non-hydrogen) atoms. The number of hydrogen-bond donors (Lipinski definition) is 7. The maximum Gasteiger partial charge on any atom is 0.410 e. The summed E-state index contributed by atoms with van der Waals surface area (Å²) in [6.07, 6.45) is -3.88. The normalized spacial score (nSPS) is 13.1. The number of ether oxygens (including phenoxy) is 3. The number of carbonyl (C=O) groups is 6. The van der Waals surface area contributed by atoms with Gasteiger partial charge in [-0.15, -0.1) is 0 Å². The quantitative estimate of drug-likeness (QED) is 0.00998. The van der Waals surface area contributed by atoms with E-state index in [4.69, 9.17) is 19.0 Å². The first kappa shape index (κ1) is 79.4. The molecule has 25 heteroatoms. The van der Waals surface area contributed by atoms with Gasteiger partial charge in [-0.25, -0.2) is 31.1 Å². The highest BCUT2D eigenvalue weighted by Gasteiger charge is 2.31. The molecule has 8 aromatic carbocycles. The summed E-state index contributed by atoms with van der Waals surface area (Å²) in [5.41, 5.74) is 3.13. The van der Waals surface area contributed by atoms with Crippen LogP contribution < -0.4 is 36.1 Å². The predicted molar refractivity (Wildman–Crippen MR) is 376 cm³/mol. The van der Waals surface area contributed by atoms with Crippen molar-refractivity contribution < 1.29 is 84.4 Å². The Balaban J connectivity index is 0.000000290. The number of ketones is 1. The molecule has 0 spiro atoms. The van der Waals surface area contributed by atoms with Crippen molar-refractivity contribution in [1.82, 2.24) is 31.5 Å². The van der Waals surface area contributed by atoms with Gasteiger partial charge in [0, 0.05) is 65.1 Å². The van der Waals surface area contributed by atoms with Gasteiger partial charge >= 0.3 is 6.09 Å². The minimum Gasteiger partial charge on any atom is -0.497 e. The minimum absolute atomic E-state index is 0.0223. The Hall–Kier alpha value is -10.9. The van der Waals surface area contributed by atoms with Gasteiger partial charge in [-0.3, -0.25) is 24.0 Å². The Morgan fingerprint density at radius 2 is 0.874 bits per heavy atom. The van der Waals surface area contributed by atoms with Crippen molar-refractivity contribution in [1.29, 1.82) is 0 Å². The summed E-state index contributed by atoms with van der Waals surface area (Å²) in [5.74, 6) is -6.04. The standard InChI is InChI=1S/C41H44F3N3O7.C37H39F3N4O5/c1-24(28-10-12-32(42)13-11-28)45-38(50)30-18-29(25(2)48)19-31(20-30)39(51)46-36(17-27-14-33(43)21-34(44)15-27)37(49)23-47(40(52)54-41(3,4)5)22-26-8-7-9-35(16-26)53-6;1-22(26-8-10-30(38)11-9-26)42-36(46)28-16-27(23(2)44-49-4)17-29(18-28)37(47)43-34(15-25-12-31(39)19-32(40)13-25)35(45)21-41-20-24-6-5-7-33(14-24)48-3/h7-16,18-21,24,36-37,49H,17,22-23H2,1-6H3,(H,45,50)(H,46,51);5-14,16-19,22,34-35,41,45H,15,20-21H2,1-4H3,(H,42,46)(H,43,47)/b;44-23-/t24?,36-,37+;22?,34-,35+/m00/s1. The van der Waals surface area contributed by atoms with Gasteiger partial charge in [-0.1, -0.05) is 53.7 Å². The molecule has 5 amide bonds. The van der Waals surface area contributed by atoms with Crippen LogP contribution in [0, 0.1) is 34.9 Å². The number of rotatable bonds is 29.